The first-order valence-electron chi connectivity index (χ1n) is 14.8. The third-order valence-corrected chi connectivity index (χ3v) is 8.04. The summed E-state index contributed by atoms with van der Waals surface area (Å²) < 4.78 is 38.7. The number of hydrogen-bond donors (Lipinski definition) is 3. The van der Waals surface area contributed by atoms with Gasteiger partial charge in [-0.05, 0) is 76.9 Å². The van der Waals surface area contributed by atoms with Gasteiger partial charge in [-0.1, -0.05) is 89.9 Å². The smallest absolute Gasteiger partial charge is 0.416 e. The van der Waals surface area contributed by atoms with Gasteiger partial charge in [-0.25, -0.2) is 14.6 Å². The van der Waals surface area contributed by atoms with E-state index < -0.39 is 23.7 Å². The highest BCUT2D eigenvalue weighted by molar-refractivity contribution is 6.36. The van der Waals surface area contributed by atoms with Gasteiger partial charge in [0.25, 0.3) is 0 Å². The molecule has 0 fully saturated rings. The molecule has 0 amide bonds. The molecule has 0 aliphatic rings. The van der Waals surface area contributed by atoms with E-state index in [4.69, 9.17) is 33.3 Å². The number of aromatic carboxylic acids is 2. The van der Waals surface area contributed by atoms with Crippen molar-refractivity contribution in [1.82, 2.24) is 9.97 Å². The molecule has 3 N–H and O–H groups in total. The minimum atomic E-state index is -4.37. The molecule has 0 spiro atoms. The van der Waals surface area contributed by atoms with Gasteiger partial charge in [-0.2, -0.15) is 13.2 Å². The second kappa shape index (κ2) is 15.2. The van der Waals surface area contributed by atoms with Crippen LogP contribution in [0.4, 0.5) is 13.2 Å². The van der Waals surface area contributed by atoms with Crippen molar-refractivity contribution in [2.75, 3.05) is 0 Å². The van der Waals surface area contributed by atoms with Crippen molar-refractivity contribution in [2.24, 2.45) is 0 Å². The van der Waals surface area contributed by atoms with Gasteiger partial charge in [0.05, 0.1) is 27.4 Å². The Morgan fingerprint density at radius 1 is 0.673 bits per heavy atom. The minimum absolute atomic E-state index is 0.203. The number of nitrogens with zero attached hydrogens (tertiary/aromatic N) is 1. The summed E-state index contributed by atoms with van der Waals surface area (Å²) in [7, 11) is 0. The van der Waals surface area contributed by atoms with Crippen LogP contribution in [0.3, 0.4) is 0 Å². The van der Waals surface area contributed by atoms with E-state index in [1.54, 1.807) is 72.8 Å². The largest absolute Gasteiger partial charge is 0.478 e. The summed E-state index contributed by atoms with van der Waals surface area (Å²) in [6, 6.07) is 32.8. The van der Waals surface area contributed by atoms with E-state index in [0.717, 1.165) is 34.5 Å². The van der Waals surface area contributed by atoms with E-state index in [9.17, 15) is 27.9 Å². The molecule has 248 valence electrons. The molecule has 0 radical (unpaired) electrons. The molecular formula is C38H27Cl2F3N2O4. The molecule has 0 saturated heterocycles. The maximum atomic E-state index is 12.9. The number of aromatic amines is 1. The van der Waals surface area contributed by atoms with Crippen molar-refractivity contribution in [3.63, 3.8) is 0 Å². The molecule has 1 aromatic heterocycles. The second-order valence-electron chi connectivity index (χ2n) is 10.9. The number of rotatable bonds is 8. The van der Waals surface area contributed by atoms with E-state index in [0.29, 0.717) is 51.1 Å². The van der Waals surface area contributed by atoms with Crippen LogP contribution >= 0.6 is 23.2 Å². The van der Waals surface area contributed by atoms with E-state index in [-0.39, 0.29) is 5.56 Å². The van der Waals surface area contributed by atoms with Crippen LogP contribution in [0, 0.1) is 0 Å². The molecule has 1 heterocycles. The maximum Gasteiger partial charge on any atom is 0.416 e. The van der Waals surface area contributed by atoms with Gasteiger partial charge in [-0.15, -0.1) is 0 Å². The monoisotopic (exact) mass is 702 g/mol. The highest BCUT2D eigenvalue weighted by Crippen LogP contribution is 2.34. The van der Waals surface area contributed by atoms with Crippen molar-refractivity contribution in [1.29, 1.82) is 0 Å². The fourth-order valence-electron chi connectivity index (χ4n) is 4.99. The van der Waals surface area contributed by atoms with E-state index in [1.807, 2.05) is 24.3 Å². The average Bonchev–Trinajstić information content (AvgIpc) is 3.46. The molecule has 0 bridgehead atoms. The standard InChI is InChI=1S/C31H21Cl2F3N2O2.C7H6O2/c32-24-13-14-25(26(33)17-24)29-27(15-18-3-7-22(8-4-18)30(39)40)37-28(38-29)16-19-1-5-20(6-2-19)21-9-11-23(12-10-21)31(34,35)36;8-7(9)6-4-2-1-3-5-6/h1-14,17H,15-16H2,(H,37,38)(H,39,40);1-5H,(H,8,9). The topological polar surface area (TPSA) is 103 Å². The summed E-state index contributed by atoms with van der Waals surface area (Å²) in [5.41, 5.74) is 5.38. The molecule has 0 saturated carbocycles. The summed E-state index contributed by atoms with van der Waals surface area (Å²) in [5.74, 6) is -1.18. The number of halogens is 5. The van der Waals surface area contributed by atoms with Crippen molar-refractivity contribution in [2.45, 2.75) is 19.0 Å². The van der Waals surface area contributed by atoms with Crippen molar-refractivity contribution in [3.05, 3.63) is 171 Å². The van der Waals surface area contributed by atoms with Crippen LogP contribution in [0.1, 0.15) is 48.9 Å². The molecule has 0 atom stereocenters. The van der Waals surface area contributed by atoms with Gasteiger partial charge in [0.15, 0.2) is 0 Å². The molecule has 5 aromatic carbocycles. The fraction of sp³-hybridized carbons (Fsp3) is 0.0789. The number of aromatic nitrogens is 2. The van der Waals surface area contributed by atoms with E-state index in [2.05, 4.69) is 4.98 Å². The zero-order valence-corrected chi connectivity index (χ0v) is 27.0. The Bertz CT molecular complexity index is 2060. The fourth-order valence-corrected chi connectivity index (χ4v) is 5.49. The maximum absolute atomic E-state index is 12.9. The SMILES string of the molecule is O=C(O)c1ccc(Cc2[nH]c(Cc3ccc(-c4ccc(C(F)(F)F)cc4)cc3)nc2-c2ccc(Cl)cc2Cl)cc1.O=C(O)c1ccccc1. The van der Waals surface area contributed by atoms with Crippen LogP contribution in [0.15, 0.2) is 121 Å². The molecule has 6 aromatic rings. The van der Waals surface area contributed by atoms with Crippen LogP contribution in [-0.2, 0) is 19.0 Å². The Kier molecular flexibility index (Phi) is 10.9. The highest BCUT2D eigenvalue weighted by Gasteiger charge is 2.30. The van der Waals surface area contributed by atoms with Crippen LogP contribution in [-0.4, -0.2) is 32.1 Å². The summed E-state index contributed by atoms with van der Waals surface area (Å²) in [6.07, 6.45) is -3.43. The molecule has 6 rings (SSSR count). The Labute approximate surface area is 289 Å². The van der Waals surface area contributed by atoms with Crippen LogP contribution in [0.5, 0.6) is 0 Å². The second-order valence-corrected chi connectivity index (χ2v) is 11.8. The first kappa shape index (κ1) is 34.9. The molecule has 0 aliphatic heterocycles. The molecular weight excluding hydrogens is 676 g/mol. The van der Waals surface area contributed by atoms with Crippen LogP contribution in [0.2, 0.25) is 10.0 Å². The number of alkyl halides is 3. The lowest BCUT2D eigenvalue weighted by molar-refractivity contribution is -0.137. The summed E-state index contributed by atoms with van der Waals surface area (Å²) in [4.78, 5) is 29.7. The predicted molar refractivity (Wildman–Crippen MR) is 183 cm³/mol. The lowest BCUT2D eigenvalue weighted by atomic mass is 10.0. The highest BCUT2D eigenvalue weighted by atomic mass is 35.5. The van der Waals surface area contributed by atoms with Crippen molar-refractivity contribution < 1.29 is 33.0 Å². The zero-order valence-electron chi connectivity index (χ0n) is 25.5. The van der Waals surface area contributed by atoms with Crippen molar-refractivity contribution in [3.8, 4) is 22.4 Å². The van der Waals surface area contributed by atoms with Gasteiger partial charge in [-0.3, -0.25) is 0 Å². The number of carbonyl (C=O) groups is 2. The quantitative estimate of drug-likeness (QED) is 0.146. The number of benzene rings is 5. The van der Waals surface area contributed by atoms with E-state index in [1.165, 1.54) is 12.1 Å². The predicted octanol–water partition coefficient (Wildman–Crippen LogP) is 10.3. The molecule has 11 heteroatoms. The minimum Gasteiger partial charge on any atom is -0.478 e. The van der Waals surface area contributed by atoms with Crippen LogP contribution < -0.4 is 0 Å². The number of carboxylic acid groups (broad SMARTS) is 2. The number of hydrogen-bond acceptors (Lipinski definition) is 3. The summed E-state index contributed by atoms with van der Waals surface area (Å²) >= 11 is 12.6. The number of nitrogens with one attached hydrogen (secondary N) is 1. The number of H-pyrrole nitrogens is 1. The Balaban J connectivity index is 0.000000452. The molecule has 49 heavy (non-hydrogen) atoms. The van der Waals surface area contributed by atoms with Crippen LogP contribution in [0.25, 0.3) is 22.4 Å². The van der Waals surface area contributed by atoms with Gasteiger partial charge >= 0.3 is 18.1 Å². The number of carboxylic acids is 2. The van der Waals surface area contributed by atoms with Gasteiger partial charge in [0, 0.05) is 29.1 Å². The Morgan fingerprint density at radius 3 is 1.73 bits per heavy atom. The molecule has 6 nitrogen and oxygen atoms in total. The normalized spacial score (nSPS) is 11.0. The van der Waals surface area contributed by atoms with Gasteiger partial charge < -0.3 is 15.2 Å². The Morgan fingerprint density at radius 2 is 1.20 bits per heavy atom. The lowest BCUT2D eigenvalue weighted by Crippen LogP contribution is -2.03. The third-order valence-electron chi connectivity index (χ3n) is 7.49. The lowest BCUT2D eigenvalue weighted by Gasteiger charge is -2.08. The van der Waals surface area contributed by atoms with Gasteiger partial charge in [0.2, 0.25) is 0 Å². The first-order chi connectivity index (χ1) is 23.4. The third kappa shape index (κ3) is 9.16. The molecule has 0 unspecified atom stereocenters. The summed E-state index contributed by atoms with van der Waals surface area (Å²) in [5, 5.41) is 18.5. The zero-order chi connectivity index (χ0) is 35.1. The average molecular weight is 704 g/mol. The first-order valence-corrected chi connectivity index (χ1v) is 15.5. The Hall–Kier alpha value is -5.38. The molecule has 0 aliphatic carbocycles. The van der Waals surface area contributed by atoms with Crippen molar-refractivity contribution >= 4 is 35.1 Å². The summed E-state index contributed by atoms with van der Waals surface area (Å²) in [6.45, 7) is 0. The van der Waals surface area contributed by atoms with Gasteiger partial charge in [0.1, 0.15) is 5.82 Å². The number of imidazole rings is 1. The van der Waals surface area contributed by atoms with E-state index >= 15 is 0 Å².